The summed E-state index contributed by atoms with van der Waals surface area (Å²) in [5.74, 6) is 5.15. The van der Waals surface area contributed by atoms with E-state index >= 15 is 0 Å². The Morgan fingerprint density at radius 1 is 1.37 bits per heavy atom. The second kappa shape index (κ2) is 6.31. The number of carbonyl (C=O) groups excluding carboxylic acids is 1. The maximum Gasteiger partial charge on any atom is 0.251 e. The SMILES string of the molecule is CCc1cnc(CNC(=O)c2ccc(NN)cc2)s1. The Morgan fingerprint density at radius 2 is 2.11 bits per heavy atom. The first-order valence-corrected chi connectivity index (χ1v) is 6.83. The molecule has 6 heteroatoms. The van der Waals surface area contributed by atoms with Crippen LogP contribution in [0.1, 0.15) is 27.2 Å². The molecule has 0 saturated heterocycles. The fourth-order valence-corrected chi connectivity index (χ4v) is 2.37. The molecule has 2 rings (SSSR count). The van der Waals surface area contributed by atoms with Crippen molar-refractivity contribution < 1.29 is 4.79 Å². The number of nitrogen functional groups attached to an aromatic ring is 1. The lowest BCUT2D eigenvalue weighted by Gasteiger charge is -2.04. The Kier molecular flexibility index (Phi) is 4.48. The van der Waals surface area contributed by atoms with Gasteiger partial charge in [0.15, 0.2) is 0 Å². The minimum Gasteiger partial charge on any atom is -0.346 e. The number of amides is 1. The monoisotopic (exact) mass is 276 g/mol. The number of hydrogen-bond donors (Lipinski definition) is 3. The number of thiazole rings is 1. The lowest BCUT2D eigenvalue weighted by Crippen LogP contribution is -2.22. The zero-order valence-electron chi connectivity index (χ0n) is 10.6. The molecule has 0 saturated carbocycles. The molecule has 1 aromatic carbocycles. The minimum atomic E-state index is -0.114. The molecule has 4 N–H and O–H groups in total. The second-order valence-corrected chi connectivity index (χ2v) is 5.18. The van der Waals surface area contributed by atoms with Gasteiger partial charge in [-0.3, -0.25) is 10.6 Å². The summed E-state index contributed by atoms with van der Waals surface area (Å²) in [6, 6.07) is 6.97. The quantitative estimate of drug-likeness (QED) is 0.576. The van der Waals surface area contributed by atoms with Gasteiger partial charge in [0, 0.05) is 22.3 Å². The van der Waals surface area contributed by atoms with Crippen LogP contribution in [0.4, 0.5) is 5.69 Å². The molecule has 19 heavy (non-hydrogen) atoms. The molecule has 0 atom stereocenters. The number of hydrazine groups is 1. The predicted molar refractivity (Wildman–Crippen MR) is 76.9 cm³/mol. The van der Waals surface area contributed by atoms with Crippen LogP contribution >= 0.6 is 11.3 Å². The summed E-state index contributed by atoms with van der Waals surface area (Å²) in [4.78, 5) is 17.4. The van der Waals surface area contributed by atoms with Crippen molar-refractivity contribution in [2.24, 2.45) is 5.84 Å². The molecule has 100 valence electrons. The van der Waals surface area contributed by atoms with E-state index in [4.69, 9.17) is 5.84 Å². The number of aromatic nitrogens is 1. The molecule has 1 heterocycles. The molecule has 0 radical (unpaired) electrons. The van der Waals surface area contributed by atoms with Crippen LogP contribution in [0.5, 0.6) is 0 Å². The predicted octanol–water partition coefficient (Wildman–Crippen LogP) is 1.92. The third kappa shape index (κ3) is 3.52. The number of rotatable bonds is 5. The number of carbonyl (C=O) groups is 1. The van der Waals surface area contributed by atoms with Crippen molar-refractivity contribution in [1.29, 1.82) is 0 Å². The van der Waals surface area contributed by atoms with Crippen molar-refractivity contribution in [1.82, 2.24) is 10.3 Å². The number of hydrogen-bond acceptors (Lipinski definition) is 5. The van der Waals surface area contributed by atoms with Gasteiger partial charge in [-0.15, -0.1) is 11.3 Å². The summed E-state index contributed by atoms with van der Waals surface area (Å²) >= 11 is 1.62. The van der Waals surface area contributed by atoms with Crippen LogP contribution in [-0.4, -0.2) is 10.9 Å². The van der Waals surface area contributed by atoms with E-state index in [9.17, 15) is 4.79 Å². The number of nitrogens with one attached hydrogen (secondary N) is 2. The Bertz CT molecular complexity index is 550. The van der Waals surface area contributed by atoms with Gasteiger partial charge in [-0.25, -0.2) is 4.98 Å². The Balaban J connectivity index is 1.93. The normalized spacial score (nSPS) is 10.2. The first kappa shape index (κ1) is 13.5. The summed E-state index contributed by atoms with van der Waals surface area (Å²) in [6.07, 6.45) is 2.83. The maximum absolute atomic E-state index is 11.9. The van der Waals surface area contributed by atoms with E-state index in [0.29, 0.717) is 12.1 Å². The molecule has 0 aliphatic rings. The lowest BCUT2D eigenvalue weighted by molar-refractivity contribution is 0.0951. The van der Waals surface area contributed by atoms with Crippen LogP contribution in [0.15, 0.2) is 30.5 Å². The molecule has 0 fully saturated rings. The number of nitrogens with zero attached hydrogens (tertiary/aromatic N) is 1. The van der Waals surface area contributed by atoms with Crippen molar-refractivity contribution in [3.63, 3.8) is 0 Å². The van der Waals surface area contributed by atoms with Gasteiger partial charge in [-0.05, 0) is 30.7 Å². The largest absolute Gasteiger partial charge is 0.346 e. The van der Waals surface area contributed by atoms with Crippen LogP contribution in [0, 0.1) is 0 Å². The zero-order valence-corrected chi connectivity index (χ0v) is 11.5. The van der Waals surface area contributed by atoms with Crippen LogP contribution in [0.25, 0.3) is 0 Å². The molecular weight excluding hydrogens is 260 g/mol. The van der Waals surface area contributed by atoms with Gasteiger partial charge in [0.05, 0.1) is 6.54 Å². The molecule has 1 aromatic heterocycles. The molecule has 0 bridgehead atoms. The van der Waals surface area contributed by atoms with E-state index in [2.05, 4.69) is 22.7 Å². The van der Waals surface area contributed by atoms with Gasteiger partial charge in [0.2, 0.25) is 0 Å². The minimum absolute atomic E-state index is 0.114. The topological polar surface area (TPSA) is 80.0 Å². The first-order chi connectivity index (χ1) is 9.22. The van der Waals surface area contributed by atoms with E-state index in [1.807, 2.05) is 6.20 Å². The average Bonchev–Trinajstić information content (AvgIpc) is 2.93. The average molecular weight is 276 g/mol. The number of aryl methyl sites for hydroxylation is 1. The third-order valence-corrected chi connectivity index (χ3v) is 3.81. The molecular formula is C13H16N4OS. The Labute approximate surface area is 115 Å². The summed E-state index contributed by atoms with van der Waals surface area (Å²) < 4.78 is 0. The Morgan fingerprint density at radius 3 is 2.68 bits per heavy atom. The van der Waals surface area contributed by atoms with Crippen LogP contribution in [-0.2, 0) is 13.0 Å². The molecule has 2 aromatic rings. The van der Waals surface area contributed by atoms with Gasteiger partial charge in [-0.1, -0.05) is 6.92 Å². The van der Waals surface area contributed by atoms with Crippen LogP contribution < -0.4 is 16.6 Å². The van der Waals surface area contributed by atoms with Gasteiger partial charge < -0.3 is 10.7 Å². The molecule has 0 spiro atoms. The summed E-state index contributed by atoms with van der Waals surface area (Å²) in [5, 5.41) is 3.77. The summed E-state index contributed by atoms with van der Waals surface area (Å²) in [6.45, 7) is 2.54. The van der Waals surface area contributed by atoms with E-state index in [1.54, 1.807) is 35.6 Å². The smallest absolute Gasteiger partial charge is 0.251 e. The van der Waals surface area contributed by atoms with Gasteiger partial charge in [-0.2, -0.15) is 0 Å². The van der Waals surface area contributed by atoms with Crippen molar-refractivity contribution in [3.8, 4) is 0 Å². The lowest BCUT2D eigenvalue weighted by atomic mass is 10.2. The highest BCUT2D eigenvalue weighted by molar-refractivity contribution is 7.11. The van der Waals surface area contributed by atoms with Crippen molar-refractivity contribution in [2.45, 2.75) is 19.9 Å². The number of benzene rings is 1. The van der Waals surface area contributed by atoms with Crippen molar-refractivity contribution in [3.05, 3.63) is 45.9 Å². The van der Waals surface area contributed by atoms with Gasteiger partial charge in [0.25, 0.3) is 5.91 Å². The van der Waals surface area contributed by atoms with Crippen LogP contribution in [0.3, 0.4) is 0 Å². The van der Waals surface area contributed by atoms with Crippen molar-refractivity contribution >= 4 is 22.9 Å². The highest BCUT2D eigenvalue weighted by Gasteiger charge is 2.06. The molecule has 0 unspecified atom stereocenters. The van der Waals surface area contributed by atoms with E-state index in [0.717, 1.165) is 17.1 Å². The molecule has 1 amide bonds. The maximum atomic E-state index is 11.9. The summed E-state index contributed by atoms with van der Waals surface area (Å²) in [5.41, 5.74) is 3.89. The highest BCUT2D eigenvalue weighted by Crippen LogP contribution is 2.13. The second-order valence-electron chi connectivity index (χ2n) is 3.98. The number of anilines is 1. The molecule has 5 nitrogen and oxygen atoms in total. The highest BCUT2D eigenvalue weighted by atomic mass is 32.1. The summed E-state index contributed by atoms with van der Waals surface area (Å²) in [7, 11) is 0. The van der Waals surface area contributed by atoms with E-state index in [1.165, 1.54) is 4.88 Å². The van der Waals surface area contributed by atoms with Gasteiger partial charge in [0.1, 0.15) is 5.01 Å². The zero-order chi connectivity index (χ0) is 13.7. The molecule has 0 aliphatic carbocycles. The fraction of sp³-hybridized carbons (Fsp3) is 0.231. The molecule has 0 aliphatic heterocycles. The van der Waals surface area contributed by atoms with E-state index in [-0.39, 0.29) is 5.91 Å². The van der Waals surface area contributed by atoms with Crippen LogP contribution in [0.2, 0.25) is 0 Å². The Hall–Kier alpha value is -1.92. The fourth-order valence-electron chi connectivity index (χ4n) is 1.57. The van der Waals surface area contributed by atoms with E-state index < -0.39 is 0 Å². The standard InChI is InChI=1S/C13H16N4OS/c1-2-11-7-15-12(19-11)8-16-13(18)9-3-5-10(17-14)6-4-9/h3-7,17H,2,8,14H2,1H3,(H,16,18). The first-order valence-electron chi connectivity index (χ1n) is 6.01. The number of nitrogens with two attached hydrogens (primary N) is 1. The van der Waals surface area contributed by atoms with Crippen molar-refractivity contribution in [2.75, 3.05) is 5.43 Å². The third-order valence-electron chi connectivity index (χ3n) is 2.66. The van der Waals surface area contributed by atoms with Gasteiger partial charge >= 0.3 is 0 Å².